The van der Waals surface area contributed by atoms with Crippen LogP contribution >= 0.6 is 0 Å². The van der Waals surface area contributed by atoms with E-state index in [1.807, 2.05) is 26.8 Å². The van der Waals surface area contributed by atoms with E-state index in [-0.39, 0.29) is 29.7 Å². The zero-order valence-corrected chi connectivity index (χ0v) is 11.4. The number of allylic oxidation sites excluding steroid dienone is 2. The molecule has 0 radical (unpaired) electrons. The molecule has 1 atom stereocenters. The quantitative estimate of drug-likeness (QED) is 0.558. The highest BCUT2D eigenvalue weighted by molar-refractivity contribution is 5.89. The van der Waals surface area contributed by atoms with Gasteiger partial charge in [0.2, 0.25) is 0 Å². The molecule has 0 aromatic heterocycles. The van der Waals surface area contributed by atoms with Crippen molar-refractivity contribution in [3.8, 4) is 0 Å². The van der Waals surface area contributed by atoms with E-state index in [9.17, 15) is 9.59 Å². The Balaban J connectivity index is 2.63. The summed E-state index contributed by atoms with van der Waals surface area (Å²) in [6, 6.07) is 0. The first-order valence-electron chi connectivity index (χ1n) is 6.08. The van der Waals surface area contributed by atoms with Crippen molar-refractivity contribution in [3.63, 3.8) is 0 Å². The number of Topliss-reactive ketones (excluding diaryl/α,β-unsaturated/α-hetero) is 1. The maximum atomic E-state index is 12.2. The highest BCUT2D eigenvalue weighted by Gasteiger charge is 2.47. The first-order chi connectivity index (χ1) is 7.71. The molecule has 3 heteroatoms. The standard InChI is InChI=1S/C14H22O3/c1-10(2)12(16)17-9-11(15)14(5)8-6-7-13(14,3)4/h6-7,10H,8-9H2,1-5H3. The predicted octanol–water partition coefficient (Wildman–Crippen LogP) is 2.75. The molecule has 0 saturated carbocycles. The van der Waals surface area contributed by atoms with E-state index in [1.54, 1.807) is 13.8 Å². The molecule has 0 spiro atoms. The van der Waals surface area contributed by atoms with E-state index in [4.69, 9.17) is 4.74 Å². The van der Waals surface area contributed by atoms with Gasteiger partial charge in [-0.25, -0.2) is 0 Å². The van der Waals surface area contributed by atoms with Crippen molar-refractivity contribution in [2.24, 2.45) is 16.7 Å². The molecule has 17 heavy (non-hydrogen) atoms. The van der Waals surface area contributed by atoms with Crippen molar-refractivity contribution in [1.82, 2.24) is 0 Å². The van der Waals surface area contributed by atoms with Gasteiger partial charge in [0.05, 0.1) is 5.92 Å². The number of esters is 1. The molecule has 0 aromatic carbocycles. The highest BCUT2D eigenvalue weighted by atomic mass is 16.5. The van der Waals surface area contributed by atoms with Gasteiger partial charge in [0, 0.05) is 5.41 Å². The Hall–Kier alpha value is -1.12. The Bertz CT molecular complexity index is 352. The molecule has 0 aromatic rings. The van der Waals surface area contributed by atoms with E-state index >= 15 is 0 Å². The Labute approximate surface area is 103 Å². The number of ether oxygens (including phenoxy) is 1. The molecular weight excluding hydrogens is 216 g/mol. The minimum absolute atomic E-state index is 0.00139. The Kier molecular flexibility index (Phi) is 3.80. The van der Waals surface area contributed by atoms with Crippen LogP contribution in [0.2, 0.25) is 0 Å². The molecule has 1 aliphatic rings. The molecule has 3 nitrogen and oxygen atoms in total. The Morgan fingerprint density at radius 3 is 2.29 bits per heavy atom. The van der Waals surface area contributed by atoms with Crippen LogP contribution < -0.4 is 0 Å². The molecule has 0 heterocycles. The maximum Gasteiger partial charge on any atom is 0.308 e. The van der Waals surface area contributed by atoms with E-state index in [0.29, 0.717) is 0 Å². The molecule has 1 unspecified atom stereocenters. The van der Waals surface area contributed by atoms with Crippen LogP contribution in [0.15, 0.2) is 12.2 Å². The molecule has 0 amide bonds. The fourth-order valence-corrected chi connectivity index (χ4v) is 1.97. The summed E-state index contributed by atoms with van der Waals surface area (Å²) >= 11 is 0. The summed E-state index contributed by atoms with van der Waals surface area (Å²) < 4.78 is 5.02. The second-order valence-corrected chi connectivity index (χ2v) is 5.85. The second kappa shape index (κ2) is 4.63. The van der Waals surface area contributed by atoms with Gasteiger partial charge >= 0.3 is 5.97 Å². The molecule has 96 valence electrons. The second-order valence-electron chi connectivity index (χ2n) is 5.85. The molecule has 0 saturated heterocycles. The molecule has 0 N–H and O–H groups in total. The SMILES string of the molecule is CC(C)C(=O)OCC(=O)C1(C)CC=CC1(C)C. The van der Waals surface area contributed by atoms with Gasteiger partial charge in [-0.3, -0.25) is 9.59 Å². The van der Waals surface area contributed by atoms with E-state index in [1.165, 1.54) is 0 Å². The number of ketones is 1. The zero-order valence-electron chi connectivity index (χ0n) is 11.4. The zero-order chi connectivity index (χ0) is 13.3. The third-order valence-corrected chi connectivity index (χ3v) is 3.92. The van der Waals surface area contributed by atoms with Gasteiger partial charge in [0.15, 0.2) is 12.4 Å². The van der Waals surface area contributed by atoms with Crippen molar-refractivity contribution in [2.45, 2.75) is 41.0 Å². The van der Waals surface area contributed by atoms with Crippen LogP contribution in [-0.2, 0) is 14.3 Å². The van der Waals surface area contributed by atoms with Gasteiger partial charge < -0.3 is 4.74 Å². The van der Waals surface area contributed by atoms with Crippen molar-refractivity contribution in [1.29, 1.82) is 0 Å². The smallest absolute Gasteiger partial charge is 0.308 e. The largest absolute Gasteiger partial charge is 0.457 e. The molecule has 0 fully saturated rings. The third-order valence-electron chi connectivity index (χ3n) is 3.92. The van der Waals surface area contributed by atoms with Crippen molar-refractivity contribution >= 4 is 11.8 Å². The lowest BCUT2D eigenvalue weighted by Crippen LogP contribution is -2.40. The van der Waals surface area contributed by atoms with Crippen LogP contribution in [-0.4, -0.2) is 18.4 Å². The highest BCUT2D eigenvalue weighted by Crippen LogP contribution is 2.48. The van der Waals surface area contributed by atoms with Crippen LogP contribution in [0.25, 0.3) is 0 Å². The third kappa shape index (κ3) is 2.59. The van der Waals surface area contributed by atoms with Gasteiger partial charge in [0.25, 0.3) is 0 Å². The van der Waals surface area contributed by atoms with Crippen molar-refractivity contribution in [2.75, 3.05) is 6.61 Å². The maximum absolute atomic E-state index is 12.2. The number of hydrogen-bond acceptors (Lipinski definition) is 3. The normalized spacial score (nSPS) is 26.2. The topological polar surface area (TPSA) is 43.4 Å². The minimum atomic E-state index is -0.454. The fraction of sp³-hybridized carbons (Fsp3) is 0.714. The van der Waals surface area contributed by atoms with Gasteiger partial charge in [-0.15, -0.1) is 0 Å². The summed E-state index contributed by atoms with van der Waals surface area (Å²) in [7, 11) is 0. The van der Waals surface area contributed by atoms with Crippen molar-refractivity contribution < 1.29 is 14.3 Å². The summed E-state index contributed by atoms with van der Waals surface area (Å²) in [5.74, 6) is -0.502. The average Bonchev–Trinajstić information content (AvgIpc) is 2.50. The number of hydrogen-bond donors (Lipinski definition) is 0. The van der Waals surface area contributed by atoms with Gasteiger partial charge in [-0.2, -0.15) is 0 Å². The first-order valence-corrected chi connectivity index (χ1v) is 6.08. The number of carbonyl (C=O) groups is 2. The Morgan fingerprint density at radius 1 is 1.29 bits per heavy atom. The lowest BCUT2D eigenvalue weighted by Gasteiger charge is -2.36. The van der Waals surface area contributed by atoms with Crippen molar-refractivity contribution in [3.05, 3.63) is 12.2 Å². The van der Waals surface area contributed by atoms with E-state index < -0.39 is 5.41 Å². The number of rotatable bonds is 4. The van der Waals surface area contributed by atoms with Crippen LogP contribution in [0.4, 0.5) is 0 Å². The summed E-state index contributed by atoms with van der Waals surface area (Å²) in [5.41, 5.74) is -0.626. The molecule has 0 aliphatic heterocycles. The summed E-state index contributed by atoms with van der Waals surface area (Å²) in [6.45, 7) is 9.43. The molecule has 1 rings (SSSR count). The number of carbonyl (C=O) groups excluding carboxylic acids is 2. The Morgan fingerprint density at radius 2 is 1.88 bits per heavy atom. The summed E-state index contributed by atoms with van der Waals surface area (Å²) in [6.07, 6.45) is 4.81. The minimum Gasteiger partial charge on any atom is -0.457 e. The van der Waals surface area contributed by atoms with E-state index in [2.05, 4.69) is 6.08 Å². The summed E-state index contributed by atoms with van der Waals surface area (Å²) in [5, 5.41) is 0. The first kappa shape index (κ1) is 13.9. The van der Waals surface area contributed by atoms with Gasteiger partial charge in [-0.05, 0) is 11.8 Å². The van der Waals surface area contributed by atoms with Crippen LogP contribution in [0.1, 0.15) is 41.0 Å². The summed E-state index contributed by atoms with van der Waals surface area (Å²) in [4.78, 5) is 23.5. The average molecular weight is 238 g/mol. The monoisotopic (exact) mass is 238 g/mol. The predicted molar refractivity (Wildman–Crippen MR) is 66.4 cm³/mol. The lowest BCUT2D eigenvalue weighted by atomic mass is 9.66. The van der Waals surface area contributed by atoms with Gasteiger partial charge in [0.1, 0.15) is 0 Å². The van der Waals surface area contributed by atoms with Crippen LogP contribution in [0, 0.1) is 16.7 Å². The molecule has 0 bridgehead atoms. The van der Waals surface area contributed by atoms with Gasteiger partial charge in [-0.1, -0.05) is 46.8 Å². The van der Waals surface area contributed by atoms with Crippen LogP contribution in [0.5, 0.6) is 0 Å². The fourth-order valence-electron chi connectivity index (χ4n) is 1.97. The lowest BCUT2D eigenvalue weighted by molar-refractivity contribution is -0.154. The molecule has 1 aliphatic carbocycles. The van der Waals surface area contributed by atoms with E-state index in [0.717, 1.165) is 6.42 Å². The van der Waals surface area contributed by atoms with Crippen LogP contribution in [0.3, 0.4) is 0 Å². The molecular formula is C14H22O3.